The highest BCUT2D eigenvalue weighted by Gasteiger charge is 2.37. The maximum Gasteiger partial charge on any atom is 0.282 e. The lowest BCUT2D eigenvalue weighted by atomic mass is 10.2. The molecule has 0 aromatic heterocycles. The van der Waals surface area contributed by atoms with Gasteiger partial charge < -0.3 is 15.4 Å². The molecule has 8 nitrogen and oxygen atoms in total. The van der Waals surface area contributed by atoms with Crippen LogP contribution in [0.1, 0.15) is 33.6 Å². The van der Waals surface area contributed by atoms with Crippen molar-refractivity contribution in [3.8, 4) is 0 Å². The van der Waals surface area contributed by atoms with Crippen molar-refractivity contribution in [3.05, 3.63) is 0 Å². The molecule has 2 aliphatic rings. The van der Waals surface area contributed by atoms with Crippen molar-refractivity contribution in [2.24, 2.45) is 5.73 Å². The molecular formula is C15H30N4O4S. The highest BCUT2D eigenvalue weighted by Crippen LogP contribution is 2.19. The molecule has 9 heteroatoms. The van der Waals surface area contributed by atoms with Crippen LogP contribution in [0.4, 0.5) is 0 Å². The number of ether oxygens (including phenoxy) is 1. The van der Waals surface area contributed by atoms with Gasteiger partial charge in [0.1, 0.15) is 0 Å². The van der Waals surface area contributed by atoms with Crippen molar-refractivity contribution in [1.29, 1.82) is 0 Å². The lowest BCUT2D eigenvalue weighted by Crippen LogP contribution is -2.57. The van der Waals surface area contributed by atoms with Gasteiger partial charge in [-0.05, 0) is 27.2 Å². The van der Waals surface area contributed by atoms with Crippen molar-refractivity contribution in [3.63, 3.8) is 0 Å². The molecule has 24 heavy (non-hydrogen) atoms. The van der Waals surface area contributed by atoms with Gasteiger partial charge in [0.25, 0.3) is 10.2 Å². The molecule has 140 valence electrons. The number of morpholine rings is 1. The molecule has 0 aromatic carbocycles. The van der Waals surface area contributed by atoms with Crippen molar-refractivity contribution >= 4 is 16.1 Å². The molecule has 2 N–H and O–H groups in total. The molecule has 3 atom stereocenters. The number of rotatable bonds is 5. The summed E-state index contributed by atoms with van der Waals surface area (Å²) in [4.78, 5) is 13.9. The minimum absolute atomic E-state index is 0.000849. The highest BCUT2D eigenvalue weighted by molar-refractivity contribution is 7.86. The molecular weight excluding hydrogens is 332 g/mol. The fourth-order valence-corrected chi connectivity index (χ4v) is 4.91. The average molecular weight is 362 g/mol. The van der Waals surface area contributed by atoms with Gasteiger partial charge in [0.2, 0.25) is 5.91 Å². The summed E-state index contributed by atoms with van der Waals surface area (Å²) in [7, 11) is -3.50. The van der Waals surface area contributed by atoms with E-state index < -0.39 is 10.2 Å². The van der Waals surface area contributed by atoms with E-state index in [-0.39, 0.29) is 24.2 Å². The quantitative estimate of drug-likeness (QED) is 0.719. The average Bonchev–Trinajstić information content (AvgIpc) is 2.51. The largest absolute Gasteiger partial charge is 0.373 e. The third-order valence-corrected chi connectivity index (χ3v) is 6.41. The monoisotopic (exact) mass is 362 g/mol. The Kier molecular flexibility index (Phi) is 6.60. The number of hydrogen-bond acceptors (Lipinski definition) is 5. The lowest BCUT2D eigenvalue weighted by Gasteiger charge is -2.40. The van der Waals surface area contributed by atoms with Gasteiger partial charge in [0, 0.05) is 51.7 Å². The third kappa shape index (κ3) is 4.89. The van der Waals surface area contributed by atoms with Crippen LogP contribution in [0, 0.1) is 0 Å². The van der Waals surface area contributed by atoms with Gasteiger partial charge in [-0.2, -0.15) is 17.0 Å². The molecule has 3 unspecified atom stereocenters. The van der Waals surface area contributed by atoms with Crippen LogP contribution < -0.4 is 5.73 Å². The van der Waals surface area contributed by atoms with E-state index in [9.17, 15) is 13.2 Å². The molecule has 0 radical (unpaired) electrons. The van der Waals surface area contributed by atoms with Gasteiger partial charge in [-0.25, -0.2) is 0 Å². The summed E-state index contributed by atoms with van der Waals surface area (Å²) in [6, 6.07) is 0.000849. The number of carbonyl (C=O) groups excluding carboxylic acids is 1. The van der Waals surface area contributed by atoms with Crippen LogP contribution in [0.15, 0.2) is 0 Å². The molecule has 0 aliphatic carbocycles. The molecule has 0 spiro atoms. The van der Waals surface area contributed by atoms with Gasteiger partial charge in [-0.15, -0.1) is 0 Å². The molecule has 2 aliphatic heterocycles. The first-order chi connectivity index (χ1) is 11.2. The van der Waals surface area contributed by atoms with Crippen molar-refractivity contribution in [2.75, 3.05) is 39.3 Å². The second-order valence-corrected chi connectivity index (χ2v) is 8.81. The van der Waals surface area contributed by atoms with Crippen LogP contribution in [0.3, 0.4) is 0 Å². The fourth-order valence-electron chi connectivity index (χ4n) is 3.16. The minimum Gasteiger partial charge on any atom is -0.373 e. The van der Waals surface area contributed by atoms with E-state index in [0.29, 0.717) is 52.1 Å². The van der Waals surface area contributed by atoms with Crippen molar-refractivity contribution in [1.82, 2.24) is 13.5 Å². The van der Waals surface area contributed by atoms with Crippen LogP contribution in [-0.4, -0.2) is 85.4 Å². The zero-order valence-corrected chi connectivity index (χ0v) is 15.7. The van der Waals surface area contributed by atoms with E-state index >= 15 is 0 Å². The molecule has 0 bridgehead atoms. The molecule has 1 amide bonds. The Labute approximate surface area is 145 Å². The number of amides is 1. The minimum atomic E-state index is -3.50. The second-order valence-electron chi connectivity index (χ2n) is 6.88. The van der Waals surface area contributed by atoms with Gasteiger partial charge in [0.05, 0.1) is 12.2 Å². The normalized spacial score (nSPS) is 28.8. The van der Waals surface area contributed by atoms with E-state index in [1.165, 1.54) is 8.61 Å². The standard InChI is InChI=1S/C15H30N4O4S/c1-12(16)4-5-15(20)17-6-8-18(9-7-17)24(21,22)19-10-13(2)23-14(3)11-19/h12-14H,4-11,16H2,1-3H3. The van der Waals surface area contributed by atoms with E-state index in [1.807, 2.05) is 20.8 Å². The summed E-state index contributed by atoms with van der Waals surface area (Å²) < 4.78 is 34.2. The second kappa shape index (κ2) is 8.09. The zero-order chi connectivity index (χ0) is 17.9. The van der Waals surface area contributed by atoms with Crippen LogP contribution in [0.2, 0.25) is 0 Å². The summed E-state index contributed by atoms with van der Waals surface area (Å²) in [6.07, 6.45) is 0.860. The molecule has 0 aromatic rings. The van der Waals surface area contributed by atoms with E-state index in [2.05, 4.69) is 0 Å². The Morgan fingerprint density at radius 1 is 1.12 bits per heavy atom. The van der Waals surface area contributed by atoms with Gasteiger partial charge in [-0.3, -0.25) is 4.79 Å². The van der Waals surface area contributed by atoms with E-state index in [4.69, 9.17) is 10.5 Å². The molecule has 2 heterocycles. The Morgan fingerprint density at radius 2 is 1.67 bits per heavy atom. The first-order valence-electron chi connectivity index (χ1n) is 8.64. The zero-order valence-electron chi connectivity index (χ0n) is 14.8. The molecule has 0 saturated carbocycles. The van der Waals surface area contributed by atoms with Crippen LogP contribution in [0.5, 0.6) is 0 Å². The van der Waals surface area contributed by atoms with E-state index in [0.717, 1.165) is 0 Å². The van der Waals surface area contributed by atoms with Gasteiger partial charge >= 0.3 is 0 Å². The third-order valence-electron chi connectivity index (χ3n) is 4.44. The lowest BCUT2D eigenvalue weighted by molar-refractivity contribution is -0.132. The number of hydrogen-bond donors (Lipinski definition) is 1. The van der Waals surface area contributed by atoms with Crippen LogP contribution in [0.25, 0.3) is 0 Å². The number of nitrogens with zero attached hydrogens (tertiary/aromatic N) is 3. The maximum absolute atomic E-state index is 12.8. The molecule has 2 rings (SSSR count). The predicted octanol–water partition coefficient (Wildman–Crippen LogP) is -0.388. The van der Waals surface area contributed by atoms with Crippen molar-refractivity contribution < 1.29 is 17.9 Å². The predicted molar refractivity (Wildman–Crippen MR) is 91.5 cm³/mol. The number of nitrogens with two attached hydrogens (primary N) is 1. The highest BCUT2D eigenvalue weighted by atomic mass is 32.2. The Morgan fingerprint density at radius 3 is 2.17 bits per heavy atom. The Bertz CT molecular complexity index is 522. The van der Waals surface area contributed by atoms with Gasteiger partial charge in [-0.1, -0.05) is 0 Å². The maximum atomic E-state index is 12.8. The number of piperazine rings is 1. The Hall–Kier alpha value is -0.740. The van der Waals surface area contributed by atoms with E-state index in [1.54, 1.807) is 4.90 Å². The summed E-state index contributed by atoms with van der Waals surface area (Å²) in [5.74, 6) is 0.0537. The summed E-state index contributed by atoms with van der Waals surface area (Å²) in [6.45, 7) is 7.95. The number of carbonyl (C=O) groups is 1. The topological polar surface area (TPSA) is 96.2 Å². The molecule has 2 fully saturated rings. The first-order valence-corrected chi connectivity index (χ1v) is 10.0. The first kappa shape index (κ1) is 19.6. The summed E-state index contributed by atoms with van der Waals surface area (Å²) in [5.41, 5.74) is 5.68. The molecule has 2 saturated heterocycles. The van der Waals surface area contributed by atoms with Gasteiger partial charge in [0.15, 0.2) is 0 Å². The smallest absolute Gasteiger partial charge is 0.282 e. The fraction of sp³-hybridized carbons (Fsp3) is 0.933. The van der Waals surface area contributed by atoms with Crippen molar-refractivity contribution in [2.45, 2.75) is 51.9 Å². The van der Waals surface area contributed by atoms with Crippen LogP contribution >= 0.6 is 0 Å². The SMILES string of the molecule is CC(N)CCC(=O)N1CCN(S(=O)(=O)N2CC(C)OC(C)C2)CC1. The Balaban J connectivity index is 1.90. The summed E-state index contributed by atoms with van der Waals surface area (Å²) >= 11 is 0. The summed E-state index contributed by atoms with van der Waals surface area (Å²) in [5, 5.41) is 0. The van der Waals surface area contributed by atoms with Crippen LogP contribution in [-0.2, 0) is 19.7 Å².